The predicted molar refractivity (Wildman–Crippen MR) is 153 cm³/mol. The summed E-state index contributed by atoms with van der Waals surface area (Å²) in [7, 11) is 0. The molecule has 2 N–H and O–H groups in total. The minimum absolute atomic E-state index is 0.114. The Morgan fingerprint density at radius 2 is 1.71 bits per heavy atom. The molecule has 9 heteroatoms. The monoisotopic (exact) mass is 547 g/mol. The fourth-order valence-electron chi connectivity index (χ4n) is 4.16. The highest BCUT2D eigenvalue weighted by molar-refractivity contribution is 7.80. The van der Waals surface area contributed by atoms with Crippen molar-refractivity contribution >= 4 is 35.1 Å². The van der Waals surface area contributed by atoms with Crippen molar-refractivity contribution in [2.24, 2.45) is 5.92 Å². The van der Waals surface area contributed by atoms with E-state index in [-0.39, 0.29) is 23.3 Å². The molecule has 8 nitrogen and oxygen atoms in total. The number of hydrogen-bond donors (Lipinski definition) is 2. The van der Waals surface area contributed by atoms with E-state index in [2.05, 4.69) is 31.4 Å². The Labute approximate surface area is 233 Å². The number of nitrogens with zero attached hydrogens (tertiary/aromatic N) is 1. The van der Waals surface area contributed by atoms with Gasteiger partial charge in [0, 0.05) is 18.7 Å². The van der Waals surface area contributed by atoms with Gasteiger partial charge >= 0.3 is 5.97 Å². The Hall–Kier alpha value is -2.68. The Balaban J connectivity index is 1.78. The van der Waals surface area contributed by atoms with Crippen molar-refractivity contribution in [2.75, 3.05) is 26.3 Å². The largest absolute Gasteiger partial charge is 0.494 e. The zero-order chi connectivity index (χ0) is 27.8. The van der Waals surface area contributed by atoms with Crippen molar-refractivity contribution in [1.82, 2.24) is 15.5 Å². The van der Waals surface area contributed by atoms with Crippen LogP contribution < -0.4 is 15.4 Å². The van der Waals surface area contributed by atoms with Crippen molar-refractivity contribution in [2.45, 2.75) is 91.0 Å². The fraction of sp³-hybridized carbons (Fsp3) is 0.655. The molecule has 1 unspecified atom stereocenters. The number of unbranched alkanes of at least 4 members (excludes halogenated alkanes) is 7. The van der Waals surface area contributed by atoms with E-state index in [4.69, 9.17) is 21.7 Å². The number of esters is 1. The van der Waals surface area contributed by atoms with Gasteiger partial charge in [0.25, 0.3) is 5.91 Å². The van der Waals surface area contributed by atoms with Gasteiger partial charge in [0.05, 0.1) is 19.6 Å². The van der Waals surface area contributed by atoms with Crippen molar-refractivity contribution in [3.05, 3.63) is 29.8 Å². The Kier molecular flexibility index (Phi) is 14.7. The summed E-state index contributed by atoms with van der Waals surface area (Å²) in [4.78, 5) is 39.3. The third kappa shape index (κ3) is 11.8. The number of rotatable bonds is 16. The Morgan fingerprint density at radius 3 is 2.37 bits per heavy atom. The topological polar surface area (TPSA) is 97.0 Å². The molecule has 1 heterocycles. The minimum Gasteiger partial charge on any atom is -0.494 e. The second-order valence-corrected chi connectivity index (χ2v) is 10.6. The molecule has 1 saturated heterocycles. The molecule has 1 fully saturated rings. The summed E-state index contributed by atoms with van der Waals surface area (Å²) in [5.41, 5.74) is 0.423. The summed E-state index contributed by atoms with van der Waals surface area (Å²) < 4.78 is 11.1. The highest BCUT2D eigenvalue weighted by Gasteiger charge is 2.34. The number of amides is 2. The van der Waals surface area contributed by atoms with Crippen LogP contribution in [0, 0.1) is 5.92 Å². The molecule has 0 bridgehead atoms. The van der Waals surface area contributed by atoms with Crippen molar-refractivity contribution in [3.63, 3.8) is 0 Å². The fourth-order valence-corrected chi connectivity index (χ4v) is 4.47. The van der Waals surface area contributed by atoms with E-state index in [1.807, 2.05) is 0 Å². The maximum absolute atomic E-state index is 12.8. The van der Waals surface area contributed by atoms with Gasteiger partial charge in [0.1, 0.15) is 11.8 Å². The molecular formula is C29H45N3O5S. The van der Waals surface area contributed by atoms with Crippen LogP contribution in [0.4, 0.5) is 0 Å². The molecule has 1 aliphatic rings. The van der Waals surface area contributed by atoms with Gasteiger partial charge in [0.2, 0.25) is 5.91 Å². The van der Waals surface area contributed by atoms with Crippen LogP contribution in [-0.2, 0) is 14.3 Å². The van der Waals surface area contributed by atoms with Gasteiger partial charge in [-0.3, -0.25) is 19.7 Å². The van der Waals surface area contributed by atoms with Crippen LogP contribution in [0.5, 0.6) is 5.75 Å². The summed E-state index contributed by atoms with van der Waals surface area (Å²) in [5, 5.41) is 5.58. The van der Waals surface area contributed by atoms with Gasteiger partial charge in [-0.05, 0) is 55.2 Å². The van der Waals surface area contributed by atoms with E-state index < -0.39 is 12.0 Å². The summed E-state index contributed by atoms with van der Waals surface area (Å²) >= 11 is 5.45. The highest BCUT2D eigenvalue weighted by Crippen LogP contribution is 2.15. The maximum Gasteiger partial charge on any atom is 0.308 e. The number of carbonyl (C=O) groups is 3. The standard InChI is InChI=1S/C29H45N3O5S/c1-4-5-6-7-8-9-10-11-19-37-26(33)21-25-28(35)30-17-18-32(25)29(38)31-27(34)23-12-14-24(15-13-23)36-20-16-22(2)3/h12-15,22,25H,4-11,16-21H2,1-3H3,(H,30,35)(H,31,34,38). The molecule has 1 aliphatic heterocycles. The lowest BCUT2D eigenvalue weighted by Crippen LogP contribution is -2.60. The number of carbonyl (C=O) groups excluding carboxylic acids is 3. The molecule has 1 aromatic rings. The van der Waals surface area contributed by atoms with E-state index in [0.717, 1.165) is 25.7 Å². The third-order valence-corrected chi connectivity index (χ3v) is 6.85. The molecule has 0 aliphatic carbocycles. The second kappa shape index (κ2) is 17.8. The van der Waals surface area contributed by atoms with Crippen LogP contribution in [-0.4, -0.2) is 60.1 Å². The molecule has 0 spiro atoms. The van der Waals surface area contributed by atoms with Crippen LogP contribution in [0.15, 0.2) is 24.3 Å². The predicted octanol–water partition coefficient (Wildman–Crippen LogP) is 5.00. The first-order chi connectivity index (χ1) is 18.3. The van der Waals surface area contributed by atoms with E-state index in [1.54, 1.807) is 29.2 Å². The highest BCUT2D eigenvalue weighted by atomic mass is 32.1. The molecule has 212 valence electrons. The quantitative estimate of drug-likeness (QED) is 0.171. The summed E-state index contributed by atoms with van der Waals surface area (Å²) in [6.07, 6.45) is 10.1. The zero-order valence-electron chi connectivity index (χ0n) is 23.3. The summed E-state index contributed by atoms with van der Waals surface area (Å²) in [6.45, 7) is 8.21. The maximum atomic E-state index is 12.8. The van der Waals surface area contributed by atoms with Crippen LogP contribution in [0.1, 0.15) is 95.3 Å². The van der Waals surface area contributed by atoms with E-state index in [0.29, 0.717) is 43.5 Å². The number of hydrogen-bond acceptors (Lipinski definition) is 6. The van der Waals surface area contributed by atoms with Gasteiger partial charge in [-0.1, -0.05) is 65.7 Å². The first-order valence-electron chi connectivity index (χ1n) is 14.1. The molecular weight excluding hydrogens is 502 g/mol. The van der Waals surface area contributed by atoms with Crippen LogP contribution in [0.25, 0.3) is 0 Å². The SMILES string of the molecule is CCCCCCCCCCOC(=O)CC1C(=O)NCCN1C(=S)NC(=O)c1ccc(OCCC(C)C)cc1. The zero-order valence-corrected chi connectivity index (χ0v) is 24.1. The lowest BCUT2D eigenvalue weighted by Gasteiger charge is -2.36. The number of piperazine rings is 1. The molecule has 2 amide bonds. The van der Waals surface area contributed by atoms with Gasteiger partial charge < -0.3 is 19.7 Å². The van der Waals surface area contributed by atoms with Crippen molar-refractivity contribution in [3.8, 4) is 5.75 Å². The normalized spacial score (nSPS) is 15.2. The molecule has 38 heavy (non-hydrogen) atoms. The first kappa shape index (κ1) is 31.5. The molecule has 0 saturated carbocycles. The van der Waals surface area contributed by atoms with Crippen molar-refractivity contribution < 1.29 is 23.9 Å². The molecule has 0 radical (unpaired) electrons. The van der Waals surface area contributed by atoms with Crippen LogP contribution in [0.2, 0.25) is 0 Å². The Bertz CT molecular complexity index is 891. The minimum atomic E-state index is -0.820. The lowest BCUT2D eigenvalue weighted by molar-refractivity contribution is -0.147. The average molecular weight is 548 g/mol. The average Bonchev–Trinajstić information content (AvgIpc) is 2.89. The van der Waals surface area contributed by atoms with Gasteiger partial charge in [-0.15, -0.1) is 0 Å². The molecule has 1 aromatic carbocycles. The second-order valence-electron chi connectivity index (χ2n) is 10.2. The number of nitrogens with one attached hydrogen (secondary N) is 2. The number of benzene rings is 1. The van der Waals surface area contributed by atoms with Gasteiger partial charge in [-0.25, -0.2) is 0 Å². The summed E-state index contributed by atoms with van der Waals surface area (Å²) in [6, 6.07) is 6.02. The van der Waals surface area contributed by atoms with E-state index in [1.165, 1.54) is 32.1 Å². The van der Waals surface area contributed by atoms with E-state index >= 15 is 0 Å². The summed E-state index contributed by atoms with van der Waals surface area (Å²) in [5.74, 6) is 0.120. The Morgan fingerprint density at radius 1 is 1.05 bits per heavy atom. The molecule has 2 rings (SSSR count). The molecule has 1 atom stereocenters. The number of ether oxygens (including phenoxy) is 2. The lowest BCUT2D eigenvalue weighted by atomic mass is 10.1. The first-order valence-corrected chi connectivity index (χ1v) is 14.5. The third-order valence-electron chi connectivity index (χ3n) is 6.51. The van der Waals surface area contributed by atoms with E-state index in [9.17, 15) is 14.4 Å². The van der Waals surface area contributed by atoms with Crippen molar-refractivity contribution in [1.29, 1.82) is 0 Å². The molecule has 0 aromatic heterocycles. The number of thiocarbonyl (C=S) groups is 1. The van der Waals surface area contributed by atoms with Gasteiger partial charge in [0.15, 0.2) is 5.11 Å². The van der Waals surface area contributed by atoms with Crippen LogP contribution >= 0.6 is 12.2 Å². The van der Waals surface area contributed by atoms with Crippen LogP contribution in [0.3, 0.4) is 0 Å². The van der Waals surface area contributed by atoms with Gasteiger partial charge in [-0.2, -0.15) is 0 Å². The smallest absolute Gasteiger partial charge is 0.308 e.